The topological polar surface area (TPSA) is 64.3 Å². The van der Waals surface area contributed by atoms with Crippen LogP contribution in [0.25, 0.3) is 0 Å². The molecule has 0 aliphatic rings. The maximum atomic E-state index is 12.8. The molecule has 0 radical (unpaired) electrons. The standard InChI is InChI=1S/C16H17FN2O2/c1-21-15-7-4-12(10-14(15)18)16(20)19-9-8-11-2-5-13(17)6-3-11/h2-7,10H,8-9,18H2,1H3,(H,19,20). The second-order valence-corrected chi connectivity index (χ2v) is 4.59. The fraction of sp³-hybridized carbons (Fsp3) is 0.188. The molecule has 0 bridgehead atoms. The number of hydrogen-bond donors (Lipinski definition) is 2. The van der Waals surface area contributed by atoms with E-state index in [0.717, 1.165) is 5.56 Å². The van der Waals surface area contributed by atoms with E-state index < -0.39 is 0 Å². The van der Waals surface area contributed by atoms with E-state index >= 15 is 0 Å². The van der Waals surface area contributed by atoms with Crippen LogP contribution < -0.4 is 15.8 Å². The zero-order chi connectivity index (χ0) is 15.2. The highest BCUT2D eigenvalue weighted by Crippen LogP contribution is 2.21. The van der Waals surface area contributed by atoms with E-state index in [4.69, 9.17) is 10.5 Å². The van der Waals surface area contributed by atoms with Crippen LogP contribution >= 0.6 is 0 Å². The van der Waals surface area contributed by atoms with Crippen LogP contribution in [0, 0.1) is 5.82 Å². The summed E-state index contributed by atoms with van der Waals surface area (Å²) < 4.78 is 17.8. The molecule has 5 heteroatoms. The molecule has 2 aromatic rings. The first-order valence-electron chi connectivity index (χ1n) is 6.56. The predicted molar refractivity (Wildman–Crippen MR) is 79.8 cm³/mol. The van der Waals surface area contributed by atoms with Gasteiger partial charge in [0.05, 0.1) is 12.8 Å². The number of hydrogen-bond acceptors (Lipinski definition) is 3. The molecule has 0 heterocycles. The molecule has 0 fully saturated rings. The van der Waals surface area contributed by atoms with E-state index in [0.29, 0.717) is 30.0 Å². The molecule has 0 unspecified atom stereocenters. The summed E-state index contributed by atoms with van der Waals surface area (Å²) >= 11 is 0. The van der Waals surface area contributed by atoms with Crippen molar-refractivity contribution in [1.82, 2.24) is 5.32 Å². The second kappa shape index (κ2) is 6.74. The molecule has 21 heavy (non-hydrogen) atoms. The number of benzene rings is 2. The number of carbonyl (C=O) groups excluding carboxylic acids is 1. The molecule has 4 nitrogen and oxygen atoms in total. The number of rotatable bonds is 5. The number of nitrogens with one attached hydrogen (secondary N) is 1. The van der Waals surface area contributed by atoms with Crippen molar-refractivity contribution in [3.05, 3.63) is 59.4 Å². The molecule has 2 rings (SSSR count). The molecule has 0 aromatic heterocycles. The van der Waals surface area contributed by atoms with Gasteiger partial charge in [0.15, 0.2) is 0 Å². The summed E-state index contributed by atoms with van der Waals surface area (Å²) in [5.41, 5.74) is 7.63. The van der Waals surface area contributed by atoms with E-state index in [1.807, 2.05) is 0 Å². The SMILES string of the molecule is COc1ccc(C(=O)NCCc2ccc(F)cc2)cc1N. The number of amides is 1. The Balaban J connectivity index is 1.89. The van der Waals surface area contributed by atoms with Crippen LogP contribution in [0.1, 0.15) is 15.9 Å². The van der Waals surface area contributed by atoms with Gasteiger partial charge >= 0.3 is 0 Å². The second-order valence-electron chi connectivity index (χ2n) is 4.59. The Kier molecular flexibility index (Phi) is 4.77. The van der Waals surface area contributed by atoms with Gasteiger partial charge in [0, 0.05) is 12.1 Å². The van der Waals surface area contributed by atoms with Crippen LogP contribution in [0.3, 0.4) is 0 Å². The average molecular weight is 288 g/mol. The average Bonchev–Trinajstić information content (AvgIpc) is 2.49. The highest BCUT2D eigenvalue weighted by Gasteiger charge is 2.08. The van der Waals surface area contributed by atoms with Crippen LogP contribution in [-0.4, -0.2) is 19.6 Å². The van der Waals surface area contributed by atoms with Gasteiger partial charge in [0.25, 0.3) is 5.91 Å². The van der Waals surface area contributed by atoms with Crippen molar-refractivity contribution >= 4 is 11.6 Å². The summed E-state index contributed by atoms with van der Waals surface area (Å²) in [4.78, 5) is 12.0. The molecule has 0 saturated carbocycles. The highest BCUT2D eigenvalue weighted by atomic mass is 19.1. The zero-order valence-electron chi connectivity index (χ0n) is 11.7. The minimum atomic E-state index is -0.267. The van der Waals surface area contributed by atoms with Gasteiger partial charge in [-0.05, 0) is 42.3 Å². The summed E-state index contributed by atoms with van der Waals surface area (Å²) in [5.74, 6) is 0.0702. The smallest absolute Gasteiger partial charge is 0.251 e. The number of anilines is 1. The first-order valence-corrected chi connectivity index (χ1v) is 6.56. The Morgan fingerprint density at radius 3 is 2.57 bits per heavy atom. The molecular formula is C16H17FN2O2. The van der Waals surface area contributed by atoms with Gasteiger partial charge in [-0.3, -0.25) is 4.79 Å². The van der Waals surface area contributed by atoms with Gasteiger partial charge < -0.3 is 15.8 Å². The number of ether oxygens (including phenoxy) is 1. The van der Waals surface area contributed by atoms with Crippen molar-refractivity contribution in [2.24, 2.45) is 0 Å². The van der Waals surface area contributed by atoms with E-state index in [9.17, 15) is 9.18 Å². The summed E-state index contributed by atoms with van der Waals surface area (Å²) in [6.07, 6.45) is 0.637. The molecule has 0 spiro atoms. The number of carbonyl (C=O) groups is 1. The lowest BCUT2D eigenvalue weighted by molar-refractivity contribution is 0.0954. The Morgan fingerprint density at radius 2 is 1.95 bits per heavy atom. The summed E-state index contributed by atoms with van der Waals surface area (Å²) in [5, 5.41) is 2.80. The Hall–Kier alpha value is -2.56. The Morgan fingerprint density at radius 1 is 1.24 bits per heavy atom. The van der Waals surface area contributed by atoms with Crippen molar-refractivity contribution < 1.29 is 13.9 Å². The van der Waals surface area contributed by atoms with Gasteiger partial charge in [0.2, 0.25) is 0 Å². The third-order valence-corrected chi connectivity index (χ3v) is 3.10. The normalized spacial score (nSPS) is 10.2. The molecule has 0 aliphatic heterocycles. The Bertz CT molecular complexity index is 627. The summed E-state index contributed by atoms with van der Waals surface area (Å²) in [7, 11) is 1.52. The lowest BCUT2D eigenvalue weighted by Crippen LogP contribution is -2.25. The third-order valence-electron chi connectivity index (χ3n) is 3.10. The molecule has 2 aromatic carbocycles. The molecule has 0 saturated heterocycles. The molecular weight excluding hydrogens is 271 g/mol. The predicted octanol–water partition coefficient (Wildman–Crippen LogP) is 2.39. The fourth-order valence-electron chi connectivity index (χ4n) is 1.95. The van der Waals surface area contributed by atoms with Crippen molar-refractivity contribution in [3.8, 4) is 5.75 Å². The quantitative estimate of drug-likeness (QED) is 0.830. The monoisotopic (exact) mass is 288 g/mol. The maximum absolute atomic E-state index is 12.8. The highest BCUT2D eigenvalue weighted by molar-refractivity contribution is 5.95. The van der Waals surface area contributed by atoms with Crippen LogP contribution in [-0.2, 0) is 6.42 Å². The van der Waals surface area contributed by atoms with Crippen molar-refractivity contribution in [1.29, 1.82) is 0 Å². The Labute approximate surface area is 122 Å². The minimum absolute atomic E-state index is 0.202. The largest absolute Gasteiger partial charge is 0.495 e. The molecule has 110 valence electrons. The molecule has 1 amide bonds. The lowest BCUT2D eigenvalue weighted by atomic mass is 10.1. The van der Waals surface area contributed by atoms with Gasteiger partial charge in [0.1, 0.15) is 11.6 Å². The first-order chi connectivity index (χ1) is 10.1. The van der Waals surface area contributed by atoms with E-state index in [-0.39, 0.29) is 11.7 Å². The summed E-state index contributed by atoms with van der Waals surface area (Å²) in [6.45, 7) is 0.469. The van der Waals surface area contributed by atoms with E-state index in [1.54, 1.807) is 30.3 Å². The number of halogens is 1. The van der Waals surface area contributed by atoms with E-state index in [1.165, 1.54) is 19.2 Å². The molecule has 3 N–H and O–H groups in total. The fourth-order valence-corrected chi connectivity index (χ4v) is 1.95. The van der Waals surface area contributed by atoms with Crippen LogP contribution in [0.2, 0.25) is 0 Å². The zero-order valence-corrected chi connectivity index (χ0v) is 11.7. The first kappa shape index (κ1) is 14.8. The van der Waals surface area contributed by atoms with Crippen molar-refractivity contribution in [2.45, 2.75) is 6.42 Å². The maximum Gasteiger partial charge on any atom is 0.251 e. The third kappa shape index (κ3) is 3.95. The minimum Gasteiger partial charge on any atom is -0.495 e. The van der Waals surface area contributed by atoms with Crippen LogP contribution in [0.15, 0.2) is 42.5 Å². The number of methoxy groups -OCH3 is 1. The van der Waals surface area contributed by atoms with E-state index in [2.05, 4.69) is 5.32 Å². The molecule has 0 aliphatic carbocycles. The van der Waals surface area contributed by atoms with Crippen molar-refractivity contribution in [3.63, 3.8) is 0 Å². The van der Waals surface area contributed by atoms with Crippen molar-refractivity contribution in [2.75, 3.05) is 19.4 Å². The van der Waals surface area contributed by atoms with Gasteiger partial charge in [-0.1, -0.05) is 12.1 Å². The number of nitrogens with two attached hydrogens (primary N) is 1. The van der Waals surface area contributed by atoms with Gasteiger partial charge in [-0.2, -0.15) is 0 Å². The van der Waals surface area contributed by atoms with Gasteiger partial charge in [-0.15, -0.1) is 0 Å². The van der Waals surface area contributed by atoms with Crippen LogP contribution in [0.5, 0.6) is 5.75 Å². The molecule has 0 atom stereocenters. The lowest BCUT2D eigenvalue weighted by Gasteiger charge is -2.08. The van der Waals surface area contributed by atoms with Gasteiger partial charge in [-0.25, -0.2) is 4.39 Å². The van der Waals surface area contributed by atoms with Crippen LogP contribution in [0.4, 0.5) is 10.1 Å². The summed E-state index contributed by atoms with van der Waals surface area (Å²) in [6, 6.07) is 11.1. The number of nitrogen functional groups attached to an aromatic ring is 1.